The average molecular weight is 427 g/mol. The van der Waals surface area contributed by atoms with E-state index in [4.69, 9.17) is 4.74 Å². The number of hydrogen-bond acceptors (Lipinski definition) is 3. The van der Waals surface area contributed by atoms with E-state index in [0.29, 0.717) is 17.8 Å². The van der Waals surface area contributed by atoms with Crippen LogP contribution in [0.4, 0.5) is 0 Å². The van der Waals surface area contributed by atoms with Crippen LogP contribution >= 0.6 is 0 Å². The van der Waals surface area contributed by atoms with Crippen molar-refractivity contribution in [2.75, 3.05) is 7.11 Å². The summed E-state index contributed by atoms with van der Waals surface area (Å²) in [4.78, 5) is 4.35. The van der Waals surface area contributed by atoms with Crippen molar-refractivity contribution in [1.82, 2.24) is 9.38 Å². The molecule has 0 amide bonds. The number of pyridine rings is 1. The number of rotatable bonds is 5. The number of hydrogen-bond donors (Lipinski definition) is 1. The first-order chi connectivity index (χ1) is 15.7. The van der Waals surface area contributed by atoms with Gasteiger partial charge >= 0.3 is 0 Å². The topological polar surface area (TPSA) is 46.8 Å². The fraction of sp³-hybridized carbons (Fsp3) is 0.393. The van der Waals surface area contributed by atoms with Crippen LogP contribution in [0.2, 0.25) is 0 Å². The van der Waals surface area contributed by atoms with E-state index in [2.05, 4.69) is 57.9 Å². The van der Waals surface area contributed by atoms with Crippen LogP contribution in [0.5, 0.6) is 5.75 Å². The maximum absolute atomic E-state index is 11.6. The predicted molar refractivity (Wildman–Crippen MR) is 127 cm³/mol. The molecule has 2 fully saturated rings. The number of imidazole rings is 1. The molecular formula is C28H30N2O2. The van der Waals surface area contributed by atoms with Crippen molar-refractivity contribution >= 4 is 16.3 Å². The molecular weight excluding hydrogens is 396 g/mol. The number of methoxy groups -OCH3 is 1. The Morgan fingerprint density at radius 3 is 2.31 bits per heavy atom. The first-order valence-corrected chi connectivity index (χ1v) is 11.9. The van der Waals surface area contributed by atoms with Gasteiger partial charge in [-0.05, 0) is 84.9 Å². The number of ether oxygens (including phenoxy) is 1. The van der Waals surface area contributed by atoms with Crippen molar-refractivity contribution in [1.29, 1.82) is 0 Å². The molecule has 2 heterocycles. The van der Waals surface area contributed by atoms with Crippen molar-refractivity contribution in [2.24, 2.45) is 5.92 Å². The highest BCUT2D eigenvalue weighted by Crippen LogP contribution is 2.47. The van der Waals surface area contributed by atoms with E-state index in [1.54, 1.807) is 7.11 Å². The lowest BCUT2D eigenvalue weighted by Gasteiger charge is -2.33. The molecule has 0 radical (unpaired) electrons. The highest BCUT2D eigenvalue weighted by Gasteiger charge is 2.34. The van der Waals surface area contributed by atoms with Crippen molar-refractivity contribution in [2.45, 2.75) is 56.5 Å². The lowest BCUT2D eigenvalue weighted by molar-refractivity contribution is 0.0755. The molecule has 1 atom stereocenters. The van der Waals surface area contributed by atoms with Crippen LogP contribution < -0.4 is 4.74 Å². The summed E-state index contributed by atoms with van der Waals surface area (Å²) in [5, 5.41) is 14.0. The largest absolute Gasteiger partial charge is 0.496 e. The maximum atomic E-state index is 11.6. The molecule has 4 heteroatoms. The number of nitrogens with zero attached hydrogens (tertiary/aromatic N) is 2. The Morgan fingerprint density at radius 2 is 1.56 bits per heavy atom. The molecule has 2 aromatic carbocycles. The van der Waals surface area contributed by atoms with Crippen LogP contribution in [-0.4, -0.2) is 21.6 Å². The lowest BCUT2D eigenvalue weighted by atomic mass is 9.74. The lowest BCUT2D eigenvalue weighted by Crippen LogP contribution is -2.22. The standard InChI is InChI=1S/C28H30N2O2/c1-32-26-15-14-22(24-4-2-3-5-25(24)26)18-8-10-20(11-9-18)28(31)27-23(19-6-7-19)13-12-21-16-29-17-30(21)27/h2-5,12-20,28,31H,6-11H2,1H3/t18-,20-,28-/m0/s1. The highest BCUT2D eigenvalue weighted by atomic mass is 16.5. The Kier molecular flexibility index (Phi) is 4.91. The van der Waals surface area contributed by atoms with Gasteiger partial charge < -0.3 is 14.2 Å². The summed E-state index contributed by atoms with van der Waals surface area (Å²) in [5.41, 5.74) is 4.90. The van der Waals surface area contributed by atoms with E-state index < -0.39 is 6.10 Å². The summed E-state index contributed by atoms with van der Waals surface area (Å²) in [6, 6.07) is 17.3. The van der Waals surface area contributed by atoms with Crippen LogP contribution in [0.3, 0.4) is 0 Å². The quantitative estimate of drug-likeness (QED) is 0.403. The molecule has 0 bridgehead atoms. The number of benzene rings is 2. The second-order valence-electron chi connectivity index (χ2n) is 9.60. The van der Waals surface area contributed by atoms with Crippen LogP contribution in [0.25, 0.3) is 16.3 Å². The summed E-state index contributed by atoms with van der Waals surface area (Å²) in [6.07, 6.45) is 10.1. The SMILES string of the molecule is COc1ccc([C@H]2CC[C@H]([C@H](O)c3c(C4CC4)ccc4cncn34)CC2)c2ccccc12. The summed E-state index contributed by atoms with van der Waals surface area (Å²) in [6.45, 7) is 0. The third-order valence-electron chi connectivity index (χ3n) is 7.75. The number of aromatic nitrogens is 2. The van der Waals surface area contributed by atoms with E-state index >= 15 is 0 Å². The van der Waals surface area contributed by atoms with Crippen LogP contribution in [0.1, 0.15) is 73.3 Å². The van der Waals surface area contributed by atoms with E-state index in [1.165, 1.54) is 34.7 Å². The number of fused-ring (bicyclic) bond motifs is 2. The Bertz CT molecular complexity index is 1270. The van der Waals surface area contributed by atoms with Crippen molar-refractivity contribution in [3.63, 3.8) is 0 Å². The first-order valence-electron chi connectivity index (χ1n) is 11.9. The minimum Gasteiger partial charge on any atom is -0.496 e. The molecule has 4 aromatic rings. The van der Waals surface area contributed by atoms with Gasteiger partial charge in [-0.25, -0.2) is 4.98 Å². The van der Waals surface area contributed by atoms with Gasteiger partial charge in [-0.15, -0.1) is 0 Å². The fourth-order valence-corrected chi connectivity index (χ4v) is 5.88. The van der Waals surface area contributed by atoms with Gasteiger partial charge in [0.15, 0.2) is 0 Å². The van der Waals surface area contributed by atoms with Crippen LogP contribution in [0, 0.1) is 5.92 Å². The molecule has 0 unspecified atom stereocenters. The Balaban J connectivity index is 1.26. The molecule has 0 spiro atoms. The van der Waals surface area contributed by atoms with Crippen LogP contribution in [0.15, 0.2) is 61.1 Å². The number of aliphatic hydroxyl groups is 1. The van der Waals surface area contributed by atoms with Gasteiger partial charge in [0.25, 0.3) is 0 Å². The fourth-order valence-electron chi connectivity index (χ4n) is 5.88. The van der Waals surface area contributed by atoms with Gasteiger partial charge in [-0.2, -0.15) is 0 Å². The molecule has 2 aromatic heterocycles. The van der Waals surface area contributed by atoms with E-state index in [-0.39, 0.29) is 0 Å². The minimum absolute atomic E-state index is 0.293. The van der Waals surface area contributed by atoms with E-state index in [0.717, 1.165) is 42.6 Å². The third kappa shape index (κ3) is 3.29. The van der Waals surface area contributed by atoms with Gasteiger partial charge in [0.1, 0.15) is 5.75 Å². The molecule has 6 rings (SSSR count). The van der Waals surface area contributed by atoms with Gasteiger partial charge in [-0.1, -0.05) is 36.4 Å². The number of aliphatic hydroxyl groups excluding tert-OH is 1. The molecule has 4 nitrogen and oxygen atoms in total. The molecule has 1 N–H and O–H groups in total. The van der Waals surface area contributed by atoms with Crippen molar-refractivity contribution < 1.29 is 9.84 Å². The molecule has 0 aliphatic heterocycles. The average Bonchev–Trinajstić information content (AvgIpc) is 3.58. The van der Waals surface area contributed by atoms with Gasteiger partial charge in [-0.3, -0.25) is 0 Å². The predicted octanol–water partition coefficient (Wildman–Crippen LogP) is 6.38. The van der Waals surface area contributed by atoms with E-state index in [1.807, 2.05) is 12.5 Å². The third-order valence-corrected chi connectivity index (χ3v) is 7.75. The summed E-state index contributed by atoms with van der Waals surface area (Å²) in [7, 11) is 1.74. The monoisotopic (exact) mass is 426 g/mol. The molecule has 32 heavy (non-hydrogen) atoms. The second-order valence-corrected chi connectivity index (χ2v) is 9.60. The van der Waals surface area contributed by atoms with Crippen molar-refractivity contribution in [3.05, 3.63) is 77.9 Å². The molecule has 0 saturated heterocycles. The maximum Gasteiger partial charge on any atom is 0.126 e. The molecule has 2 saturated carbocycles. The summed E-state index contributed by atoms with van der Waals surface area (Å²) < 4.78 is 7.72. The second kappa shape index (κ2) is 7.93. The molecule has 2 aliphatic rings. The van der Waals surface area contributed by atoms with E-state index in [9.17, 15) is 5.11 Å². The van der Waals surface area contributed by atoms with Crippen molar-refractivity contribution in [3.8, 4) is 5.75 Å². The minimum atomic E-state index is -0.433. The Morgan fingerprint density at radius 1 is 0.875 bits per heavy atom. The van der Waals surface area contributed by atoms with Crippen LogP contribution in [-0.2, 0) is 0 Å². The first kappa shape index (κ1) is 19.8. The Hall–Kier alpha value is -2.85. The Labute approximate surface area is 188 Å². The highest BCUT2D eigenvalue weighted by molar-refractivity contribution is 5.91. The van der Waals surface area contributed by atoms with Gasteiger partial charge in [0, 0.05) is 5.39 Å². The summed E-state index contributed by atoms with van der Waals surface area (Å²) in [5.74, 6) is 2.37. The van der Waals surface area contributed by atoms with Gasteiger partial charge in [0.2, 0.25) is 0 Å². The van der Waals surface area contributed by atoms with Gasteiger partial charge in [0.05, 0.1) is 36.9 Å². The zero-order chi connectivity index (χ0) is 21.7. The normalized spacial score (nSPS) is 22.3. The zero-order valence-corrected chi connectivity index (χ0v) is 18.6. The molecule has 2 aliphatic carbocycles. The smallest absolute Gasteiger partial charge is 0.126 e. The summed E-state index contributed by atoms with van der Waals surface area (Å²) >= 11 is 0. The zero-order valence-electron chi connectivity index (χ0n) is 18.6. The molecule has 164 valence electrons.